The second-order valence-electron chi connectivity index (χ2n) is 6.74. The van der Waals surface area contributed by atoms with Crippen molar-refractivity contribution in [1.29, 1.82) is 0 Å². The summed E-state index contributed by atoms with van der Waals surface area (Å²) >= 11 is 0. The molecular formula is C23H23FO5. The van der Waals surface area contributed by atoms with Gasteiger partial charge in [0.15, 0.2) is 17.3 Å². The van der Waals surface area contributed by atoms with Crippen molar-refractivity contribution < 1.29 is 28.2 Å². The third-order valence-electron chi connectivity index (χ3n) is 5.04. The van der Waals surface area contributed by atoms with Gasteiger partial charge in [0.1, 0.15) is 11.7 Å². The summed E-state index contributed by atoms with van der Waals surface area (Å²) in [6, 6.07) is 11.4. The molecule has 5 nitrogen and oxygen atoms in total. The monoisotopic (exact) mass is 398 g/mol. The van der Waals surface area contributed by atoms with Crippen LogP contribution in [0.2, 0.25) is 0 Å². The van der Waals surface area contributed by atoms with E-state index in [1.807, 2.05) is 6.07 Å². The highest BCUT2D eigenvalue weighted by Gasteiger charge is 2.40. The van der Waals surface area contributed by atoms with Crippen molar-refractivity contribution in [2.24, 2.45) is 5.92 Å². The Kier molecular flexibility index (Phi) is 6.32. The Balaban J connectivity index is 2.04. The lowest BCUT2D eigenvalue weighted by Gasteiger charge is -2.29. The van der Waals surface area contributed by atoms with Crippen LogP contribution in [0.1, 0.15) is 30.4 Å². The van der Waals surface area contributed by atoms with Crippen molar-refractivity contribution in [2.45, 2.75) is 19.3 Å². The number of carbonyl (C=O) groups excluding carboxylic acids is 2. The van der Waals surface area contributed by atoms with Crippen LogP contribution < -0.4 is 9.47 Å². The molecule has 2 aromatic carbocycles. The number of hydrogen-bond donors (Lipinski definition) is 0. The van der Waals surface area contributed by atoms with Crippen LogP contribution in [0.15, 0.2) is 48.5 Å². The SMILES string of the molecule is CCOC(=O)C1C(=O)C=C(c2ccc(OC)c(OC)c2)CC1c1cccc(F)c1. The predicted octanol–water partition coefficient (Wildman–Crippen LogP) is 4.16. The van der Waals surface area contributed by atoms with Gasteiger partial charge in [0.2, 0.25) is 0 Å². The van der Waals surface area contributed by atoms with Gasteiger partial charge in [-0.25, -0.2) is 4.39 Å². The van der Waals surface area contributed by atoms with E-state index in [0.29, 0.717) is 23.5 Å². The zero-order valence-electron chi connectivity index (χ0n) is 16.6. The molecule has 1 aliphatic rings. The number of halogens is 1. The van der Waals surface area contributed by atoms with E-state index in [0.717, 1.165) is 11.1 Å². The van der Waals surface area contributed by atoms with Crippen LogP contribution in [0.25, 0.3) is 5.57 Å². The first-order valence-corrected chi connectivity index (χ1v) is 9.37. The van der Waals surface area contributed by atoms with Gasteiger partial charge >= 0.3 is 5.97 Å². The summed E-state index contributed by atoms with van der Waals surface area (Å²) in [5.41, 5.74) is 2.10. The molecule has 6 heteroatoms. The molecule has 0 fully saturated rings. The molecule has 0 saturated carbocycles. The fourth-order valence-corrected chi connectivity index (χ4v) is 3.67. The Labute approximate surface area is 169 Å². The third-order valence-corrected chi connectivity index (χ3v) is 5.04. The van der Waals surface area contributed by atoms with E-state index in [1.165, 1.54) is 25.3 Å². The van der Waals surface area contributed by atoms with Gasteiger partial charge in [-0.2, -0.15) is 0 Å². The van der Waals surface area contributed by atoms with Gasteiger partial charge in [-0.3, -0.25) is 9.59 Å². The molecule has 2 atom stereocenters. The van der Waals surface area contributed by atoms with Gasteiger partial charge in [-0.05, 0) is 60.4 Å². The van der Waals surface area contributed by atoms with Crippen LogP contribution in [0.5, 0.6) is 11.5 Å². The van der Waals surface area contributed by atoms with Gasteiger partial charge in [0.05, 0.1) is 20.8 Å². The predicted molar refractivity (Wildman–Crippen MR) is 106 cm³/mol. The van der Waals surface area contributed by atoms with Gasteiger partial charge < -0.3 is 14.2 Å². The van der Waals surface area contributed by atoms with Crippen LogP contribution in [0, 0.1) is 11.7 Å². The molecule has 0 heterocycles. The van der Waals surface area contributed by atoms with Crippen LogP contribution >= 0.6 is 0 Å². The first-order chi connectivity index (χ1) is 14.0. The number of hydrogen-bond acceptors (Lipinski definition) is 5. The van der Waals surface area contributed by atoms with Crippen molar-refractivity contribution in [3.63, 3.8) is 0 Å². The van der Waals surface area contributed by atoms with Crippen molar-refractivity contribution >= 4 is 17.3 Å². The number of esters is 1. The third kappa shape index (κ3) is 4.31. The number of ketones is 1. The molecule has 0 amide bonds. The number of rotatable bonds is 6. The molecule has 0 spiro atoms. The molecule has 0 aliphatic heterocycles. The van der Waals surface area contributed by atoms with E-state index in [1.54, 1.807) is 38.3 Å². The maximum absolute atomic E-state index is 13.9. The van der Waals surface area contributed by atoms with Crippen LogP contribution in [-0.4, -0.2) is 32.6 Å². The largest absolute Gasteiger partial charge is 0.493 e. The van der Waals surface area contributed by atoms with Gasteiger partial charge in [0, 0.05) is 5.92 Å². The molecule has 1 aliphatic carbocycles. The number of benzene rings is 2. The topological polar surface area (TPSA) is 61.8 Å². The summed E-state index contributed by atoms with van der Waals surface area (Å²) in [6.45, 7) is 1.86. The normalized spacial score (nSPS) is 18.8. The molecule has 0 radical (unpaired) electrons. The van der Waals surface area contributed by atoms with Crippen molar-refractivity contribution in [3.05, 3.63) is 65.5 Å². The molecule has 0 aromatic heterocycles. The van der Waals surface area contributed by atoms with Crippen LogP contribution in [0.4, 0.5) is 4.39 Å². The maximum atomic E-state index is 13.9. The molecule has 2 unspecified atom stereocenters. The highest BCUT2D eigenvalue weighted by atomic mass is 19.1. The fraction of sp³-hybridized carbons (Fsp3) is 0.304. The van der Waals surface area contributed by atoms with E-state index in [2.05, 4.69) is 0 Å². The van der Waals surface area contributed by atoms with Crippen molar-refractivity contribution in [3.8, 4) is 11.5 Å². The van der Waals surface area contributed by atoms with Crippen molar-refractivity contribution in [2.75, 3.05) is 20.8 Å². The van der Waals surface area contributed by atoms with Crippen LogP contribution in [-0.2, 0) is 14.3 Å². The zero-order chi connectivity index (χ0) is 21.0. The van der Waals surface area contributed by atoms with Gasteiger partial charge in [-0.1, -0.05) is 18.2 Å². The summed E-state index contributed by atoms with van der Waals surface area (Å²) in [4.78, 5) is 25.4. The summed E-state index contributed by atoms with van der Waals surface area (Å²) in [5, 5.41) is 0. The average Bonchev–Trinajstić information content (AvgIpc) is 2.72. The second kappa shape index (κ2) is 8.90. The minimum atomic E-state index is -0.999. The highest BCUT2D eigenvalue weighted by molar-refractivity contribution is 6.10. The van der Waals surface area contributed by atoms with E-state index in [-0.39, 0.29) is 12.4 Å². The van der Waals surface area contributed by atoms with E-state index in [4.69, 9.17) is 14.2 Å². The Morgan fingerprint density at radius 3 is 2.52 bits per heavy atom. The minimum absolute atomic E-state index is 0.171. The summed E-state index contributed by atoms with van der Waals surface area (Å²) in [6.07, 6.45) is 1.85. The maximum Gasteiger partial charge on any atom is 0.317 e. The summed E-state index contributed by atoms with van der Waals surface area (Å²) in [5.74, 6) is -1.77. The van der Waals surface area contributed by atoms with E-state index < -0.39 is 23.6 Å². The van der Waals surface area contributed by atoms with E-state index >= 15 is 0 Å². The summed E-state index contributed by atoms with van der Waals surface area (Å²) in [7, 11) is 3.08. The Hall–Kier alpha value is -3.15. The lowest BCUT2D eigenvalue weighted by Crippen LogP contribution is -2.34. The quantitative estimate of drug-likeness (QED) is 0.540. The Morgan fingerprint density at radius 1 is 1.10 bits per heavy atom. The standard InChI is InChI=1S/C23H23FO5/c1-4-29-23(26)22-18(15-6-5-7-17(24)10-15)11-16(12-19(22)25)14-8-9-20(27-2)21(13-14)28-3/h5-10,12-13,18,22H,4,11H2,1-3H3. The molecule has 29 heavy (non-hydrogen) atoms. The Bertz CT molecular complexity index is 950. The Morgan fingerprint density at radius 2 is 1.86 bits per heavy atom. The number of ether oxygens (including phenoxy) is 3. The lowest BCUT2D eigenvalue weighted by molar-refractivity contribution is -0.151. The highest BCUT2D eigenvalue weighted by Crippen LogP contribution is 2.42. The molecule has 0 N–H and O–H groups in total. The van der Waals surface area contributed by atoms with Gasteiger partial charge in [-0.15, -0.1) is 0 Å². The first-order valence-electron chi connectivity index (χ1n) is 9.37. The summed E-state index contributed by atoms with van der Waals surface area (Å²) < 4.78 is 29.6. The smallest absolute Gasteiger partial charge is 0.317 e. The van der Waals surface area contributed by atoms with E-state index in [9.17, 15) is 14.0 Å². The molecule has 3 rings (SSSR count). The van der Waals surface area contributed by atoms with Crippen LogP contribution in [0.3, 0.4) is 0 Å². The number of carbonyl (C=O) groups is 2. The molecule has 2 aromatic rings. The average molecular weight is 398 g/mol. The fourth-order valence-electron chi connectivity index (χ4n) is 3.67. The minimum Gasteiger partial charge on any atom is -0.493 e. The molecular weight excluding hydrogens is 375 g/mol. The van der Waals surface area contributed by atoms with Gasteiger partial charge in [0.25, 0.3) is 0 Å². The molecule has 0 saturated heterocycles. The molecule has 152 valence electrons. The lowest BCUT2D eigenvalue weighted by atomic mass is 9.73. The second-order valence-corrected chi connectivity index (χ2v) is 6.74. The zero-order valence-corrected chi connectivity index (χ0v) is 16.6. The first kappa shape index (κ1) is 20.6. The van der Waals surface area contributed by atoms with Crippen molar-refractivity contribution in [1.82, 2.24) is 0 Å². The molecule has 0 bridgehead atoms. The number of allylic oxidation sites excluding steroid dienone is 2. The number of methoxy groups -OCH3 is 2.